The van der Waals surface area contributed by atoms with E-state index in [1.165, 1.54) is 23.1 Å². The molecule has 1 aliphatic rings. The van der Waals surface area contributed by atoms with Crippen LogP contribution in [0.15, 0.2) is 76.1 Å². The maximum absolute atomic E-state index is 14.1. The van der Waals surface area contributed by atoms with Crippen molar-refractivity contribution in [1.29, 1.82) is 0 Å². The predicted octanol–water partition coefficient (Wildman–Crippen LogP) is 6.74. The fourth-order valence-corrected chi connectivity index (χ4v) is 7.16. The number of carbonyl (C=O) groups is 2. The molecule has 3 aromatic carbocycles. The Morgan fingerprint density at radius 3 is 2.34 bits per heavy atom. The third-order valence-corrected chi connectivity index (χ3v) is 10.3. The number of amides is 2. The molecule has 218 valence electrons. The molecule has 0 aliphatic heterocycles. The van der Waals surface area contributed by atoms with Gasteiger partial charge in [0.1, 0.15) is 12.6 Å². The van der Waals surface area contributed by atoms with Crippen molar-refractivity contribution < 1.29 is 18.0 Å². The first kappa shape index (κ1) is 31.3. The number of benzene rings is 3. The van der Waals surface area contributed by atoms with Crippen LogP contribution in [0.4, 0.5) is 5.69 Å². The molecule has 1 atom stereocenters. The molecule has 41 heavy (non-hydrogen) atoms. The van der Waals surface area contributed by atoms with Crippen LogP contribution in [0.5, 0.6) is 0 Å². The Morgan fingerprint density at radius 1 is 1.02 bits per heavy atom. The molecule has 3 aromatic rings. The summed E-state index contributed by atoms with van der Waals surface area (Å²) in [5.41, 5.74) is 1.73. The third-order valence-electron chi connectivity index (χ3n) is 7.20. The van der Waals surface area contributed by atoms with Crippen LogP contribution < -0.4 is 9.62 Å². The molecule has 1 N–H and O–H groups in total. The second-order valence-electron chi connectivity index (χ2n) is 10.2. The lowest BCUT2D eigenvalue weighted by Crippen LogP contribution is -2.52. The van der Waals surface area contributed by atoms with E-state index >= 15 is 0 Å². The number of nitrogens with one attached hydrogen (secondary N) is 1. The van der Waals surface area contributed by atoms with Gasteiger partial charge in [-0.2, -0.15) is 0 Å². The highest BCUT2D eigenvalue weighted by Gasteiger charge is 2.34. The molecule has 0 aromatic heterocycles. The van der Waals surface area contributed by atoms with E-state index in [-0.39, 0.29) is 39.1 Å². The van der Waals surface area contributed by atoms with Gasteiger partial charge in [0.2, 0.25) is 11.8 Å². The zero-order valence-electron chi connectivity index (χ0n) is 22.8. The lowest BCUT2D eigenvalue weighted by atomic mass is 10.1. The van der Waals surface area contributed by atoms with E-state index < -0.39 is 28.5 Å². The first-order chi connectivity index (χ1) is 19.5. The van der Waals surface area contributed by atoms with Crippen molar-refractivity contribution in [3.05, 3.63) is 92.4 Å². The zero-order valence-corrected chi connectivity index (χ0v) is 26.7. The standard InChI is InChI=1S/C30H32BrCl2N3O4S/c1-20-13-15-25(16-14-20)41(39,40)36(27-12-6-11-26(32)29(27)33)19-28(37)35(18-22-7-5-8-23(31)17-22)21(2)30(38)34-24-9-3-4-10-24/h5-8,11-17,21,24H,3-4,9-10,18-19H2,1-2H3,(H,34,38)/t21-/m1/s1. The van der Waals surface area contributed by atoms with Gasteiger partial charge in [0.05, 0.1) is 20.6 Å². The number of nitrogens with zero attached hydrogens (tertiary/aromatic N) is 2. The molecular formula is C30H32BrCl2N3O4S. The smallest absolute Gasteiger partial charge is 0.264 e. The normalized spacial score (nSPS) is 14.5. The Bertz CT molecular complexity index is 1510. The van der Waals surface area contributed by atoms with Crippen LogP contribution in [0.25, 0.3) is 0 Å². The fraction of sp³-hybridized carbons (Fsp3) is 0.333. The molecule has 11 heteroatoms. The van der Waals surface area contributed by atoms with Gasteiger partial charge < -0.3 is 10.2 Å². The van der Waals surface area contributed by atoms with E-state index in [2.05, 4.69) is 21.2 Å². The van der Waals surface area contributed by atoms with Crippen molar-refractivity contribution in [1.82, 2.24) is 10.2 Å². The summed E-state index contributed by atoms with van der Waals surface area (Å²) in [6.07, 6.45) is 3.89. The molecule has 4 rings (SSSR count). The summed E-state index contributed by atoms with van der Waals surface area (Å²) in [5.74, 6) is -0.847. The molecular weight excluding hydrogens is 649 g/mol. The topological polar surface area (TPSA) is 86.8 Å². The van der Waals surface area contributed by atoms with Gasteiger partial charge in [-0.3, -0.25) is 13.9 Å². The average Bonchev–Trinajstić information content (AvgIpc) is 3.45. The van der Waals surface area contributed by atoms with E-state index in [1.54, 1.807) is 31.2 Å². The molecule has 0 saturated heterocycles. The maximum Gasteiger partial charge on any atom is 0.264 e. The summed E-state index contributed by atoms with van der Waals surface area (Å²) in [6, 6.07) is 17.6. The van der Waals surface area contributed by atoms with Crippen LogP contribution in [0.1, 0.15) is 43.7 Å². The van der Waals surface area contributed by atoms with Gasteiger partial charge in [0.25, 0.3) is 10.0 Å². The van der Waals surface area contributed by atoms with E-state index in [9.17, 15) is 18.0 Å². The minimum absolute atomic E-state index is 0.00231. The van der Waals surface area contributed by atoms with Crippen molar-refractivity contribution in [2.45, 2.75) is 63.1 Å². The van der Waals surface area contributed by atoms with Crippen molar-refractivity contribution in [2.75, 3.05) is 10.8 Å². The summed E-state index contributed by atoms with van der Waals surface area (Å²) in [7, 11) is -4.25. The van der Waals surface area contributed by atoms with E-state index in [1.807, 2.05) is 31.2 Å². The lowest BCUT2D eigenvalue weighted by molar-refractivity contribution is -0.139. The van der Waals surface area contributed by atoms with Gasteiger partial charge >= 0.3 is 0 Å². The Kier molecular flexibility index (Phi) is 10.4. The number of hydrogen-bond acceptors (Lipinski definition) is 4. The van der Waals surface area contributed by atoms with Gasteiger partial charge in [0.15, 0.2) is 0 Å². The average molecular weight is 681 g/mol. The van der Waals surface area contributed by atoms with E-state index in [0.717, 1.165) is 45.6 Å². The number of rotatable bonds is 10. The van der Waals surface area contributed by atoms with Crippen LogP contribution in [-0.4, -0.2) is 43.8 Å². The SMILES string of the molecule is Cc1ccc(S(=O)(=O)N(CC(=O)N(Cc2cccc(Br)c2)[C@H](C)C(=O)NC2CCCC2)c2cccc(Cl)c2Cl)cc1. The van der Waals surface area contributed by atoms with Gasteiger partial charge in [-0.05, 0) is 68.7 Å². The van der Waals surface area contributed by atoms with Crippen LogP contribution in [-0.2, 0) is 26.2 Å². The molecule has 1 aliphatic carbocycles. The number of halogens is 3. The van der Waals surface area contributed by atoms with Crippen molar-refractivity contribution >= 4 is 66.7 Å². The number of anilines is 1. The monoisotopic (exact) mass is 679 g/mol. The zero-order chi connectivity index (χ0) is 29.7. The van der Waals surface area contributed by atoms with Crippen molar-refractivity contribution in [3.63, 3.8) is 0 Å². The third kappa shape index (κ3) is 7.63. The minimum atomic E-state index is -4.25. The van der Waals surface area contributed by atoms with E-state index in [0.29, 0.717) is 0 Å². The van der Waals surface area contributed by atoms with Gasteiger partial charge in [-0.25, -0.2) is 8.42 Å². The largest absolute Gasteiger partial charge is 0.352 e. The number of aryl methyl sites for hydroxylation is 1. The Morgan fingerprint density at radius 2 is 1.68 bits per heavy atom. The molecule has 0 bridgehead atoms. The van der Waals surface area contributed by atoms with Gasteiger partial charge in [-0.1, -0.05) is 87.9 Å². The summed E-state index contributed by atoms with van der Waals surface area (Å²) in [6.45, 7) is 3.01. The molecule has 1 saturated carbocycles. The molecule has 0 spiro atoms. The maximum atomic E-state index is 14.1. The van der Waals surface area contributed by atoms with Crippen LogP contribution in [0.3, 0.4) is 0 Å². The molecule has 0 heterocycles. The van der Waals surface area contributed by atoms with Crippen LogP contribution in [0.2, 0.25) is 10.0 Å². The highest BCUT2D eigenvalue weighted by molar-refractivity contribution is 9.10. The first-order valence-corrected chi connectivity index (χ1v) is 16.3. The molecule has 0 radical (unpaired) electrons. The van der Waals surface area contributed by atoms with Crippen LogP contribution >= 0.6 is 39.1 Å². The quantitative estimate of drug-likeness (QED) is 0.257. The number of sulfonamides is 1. The predicted molar refractivity (Wildman–Crippen MR) is 167 cm³/mol. The Balaban J connectivity index is 1.72. The van der Waals surface area contributed by atoms with Crippen molar-refractivity contribution in [3.8, 4) is 0 Å². The second kappa shape index (κ2) is 13.6. The highest BCUT2D eigenvalue weighted by Crippen LogP contribution is 2.35. The first-order valence-electron chi connectivity index (χ1n) is 13.3. The fourth-order valence-electron chi connectivity index (χ4n) is 4.84. The van der Waals surface area contributed by atoms with Crippen molar-refractivity contribution in [2.24, 2.45) is 0 Å². The summed E-state index contributed by atoms with van der Waals surface area (Å²) >= 11 is 16.2. The lowest BCUT2D eigenvalue weighted by Gasteiger charge is -2.32. The van der Waals surface area contributed by atoms with Gasteiger partial charge in [0, 0.05) is 17.1 Å². The molecule has 1 fully saturated rings. The summed E-state index contributed by atoms with van der Waals surface area (Å²) in [4.78, 5) is 28.8. The van der Waals surface area contributed by atoms with Gasteiger partial charge in [-0.15, -0.1) is 0 Å². The van der Waals surface area contributed by atoms with Crippen LogP contribution in [0, 0.1) is 6.92 Å². The minimum Gasteiger partial charge on any atom is -0.352 e. The Hall–Kier alpha value is -2.59. The molecule has 0 unspecified atom stereocenters. The molecule has 7 nitrogen and oxygen atoms in total. The Labute approximate surface area is 260 Å². The number of hydrogen-bond donors (Lipinski definition) is 1. The summed E-state index contributed by atoms with van der Waals surface area (Å²) < 4.78 is 29.7. The second-order valence-corrected chi connectivity index (χ2v) is 13.8. The number of carbonyl (C=O) groups excluding carboxylic acids is 2. The molecule has 2 amide bonds. The summed E-state index contributed by atoms with van der Waals surface area (Å²) in [5, 5.41) is 3.21. The van der Waals surface area contributed by atoms with E-state index in [4.69, 9.17) is 23.2 Å². The highest BCUT2D eigenvalue weighted by atomic mass is 79.9.